The van der Waals surface area contributed by atoms with Crippen molar-refractivity contribution in [3.8, 4) is 0 Å². The predicted molar refractivity (Wildman–Crippen MR) is 71.7 cm³/mol. The average Bonchev–Trinajstić information content (AvgIpc) is 2.97. The molecule has 1 unspecified atom stereocenters. The maximum Gasteiger partial charge on any atom is 0.328 e. The Hall–Kier alpha value is -1.17. The molecule has 4 nitrogen and oxygen atoms in total. The lowest BCUT2D eigenvalue weighted by molar-refractivity contribution is -0.131. The van der Waals surface area contributed by atoms with Crippen molar-refractivity contribution in [1.82, 2.24) is 4.90 Å². The van der Waals surface area contributed by atoms with Gasteiger partial charge < -0.3 is 9.84 Å². The van der Waals surface area contributed by atoms with Gasteiger partial charge >= 0.3 is 5.97 Å². The summed E-state index contributed by atoms with van der Waals surface area (Å²) in [6.45, 7) is 2.55. The second-order valence-corrected chi connectivity index (χ2v) is 5.45. The van der Waals surface area contributed by atoms with Crippen LogP contribution in [-0.4, -0.2) is 42.3 Å². The molecule has 1 saturated heterocycles. The van der Waals surface area contributed by atoms with Crippen LogP contribution in [0, 0.1) is 0 Å². The van der Waals surface area contributed by atoms with Gasteiger partial charge in [-0.15, -0.1) is 11.3 Å². The van der Waals surface area contributed by atoms with Crippen LogP contribution in [0.4, 0.5) is 0 Å². The molecule has 1 fully saturated rings. The molecular weight excluding hydrogens is 250 g/mol. The van der Waals surface area contributed by atoms with Crippen LogP contribution >= 0.6 is 11.3 Å². The number of carboxylic acid groups (broad SMARTS) is 1. The number of aliphatic carboxylic acids is 1. The zero-order chi connectivity index (χ0) is 13.0. The number of carboxylic acids is 1. The van der Waals surface area contributed by atoms with Crippen LogP contribution in [0.1, 0.15) is 16.9 Å². The fraction of sp³-hybridized carbons (Fsp3) is 0.462. The first kappa shape index (κ1) is 13.3. The third-order valence-electron chi connectivity index (χ3n) is 3.03. The largest absolute Gasteiger partial charge is 0.478 e. The molecule has 1 aromatic heterocycles. The van der Waals surface area contributed by atoms with Crippen LogP contribution < -0.4 is 0 Å². The van der Waals surface area contributed by atoms with Crippen LogP contribution in [0.3, 0.4) is 0 Å². The number of hydrogen-bond donors (Lipinski definition) is 1. The van der Waals surface area contributed by atoms with Crippen molar-refractivity contribution in [2.24, 2.45) is 0 Å². The molecule has 0 saturated carbocycles. The number of carbonyl (C=O) groups is 1. The Kier molecular flexibility index (Phi) is 4.52. The number of thiophene rings is 1. The van der Waals surface area contributed by atoms with Crippen molar-refractivity contribution in [1.29, 1.82) is 0 Å². The predicted octanol–water partition coefficient (Wildman–Crippen LogP) is 2.07. The van der Waals surface area contributed by atoms with Crippen molar-refractivity contribution in [2.45, 2.75) is 19.0 Å². The van der Waals surface area contributed by atoms with Crippen LogP contribution in [0.25, 0.3) is 6.08 Å². The first-order valence-corrected chi connectivity index (χ1v) is 6.79. The summed E-state index contributed by atoms with van der Waals surface area (Å²) in [5, 5.41) is 10.5. The van der Waals surface area contributed by atoms with Crippen molar-refractivity contribution in [2.75, 3.05) is 20.3 Å². The Balaban J connectivity index is 1.91. The Morgan fingerprint density at radius 2 is 2.56 bits per heavy atom. The lowest BCUT2D eigenvalue weighted by Gasteiger charge is -2.21. The summed E-state index contributed by atoms with van der Waals surface area (Å²) in [6, 6.07) is 2.54. The molecule has 0 amide bonds. The molecule has 1 atom stereocenters. The van der Waals surface area contributed by atoms with Crippen LogP contribution in [0.5, 0.6) is 0 Å². The van der Waals surface area contributed by atoms with Crippen molar-refractivity contribution in [3.63, 3.8) is 0 Å². The molecule has 1 aliphatic rings. The molecule has 1 N–H and O–H groups in total. The quantitative estimate of drug-likeness (QED) is 0.830. The summed E-state index contributed by atoms with van der Waals surface area (Å²) < 4.78 is 5.37. The van der Waals surface area contributed by atoms with E-state index < -0.39 is 5.97 Å². The molecule has 0 radical (unpaired) electrons. The third-order valence-corrected chi connectivity index (χ3v) is 3.97. The van der Waals surface area contributed by atoms with Gasteiger partial charge in [0.05, 0.1) is 6.61 Å². The minimum absolute atomic E-state index is 0.505. The monoisotopic (exact) mass is 267 g/mol. The van der Waals surface area contributed by atoms with E-state index in [9.17, 15) is 4.79 Å². The van der Waals surface area contributed by atoms with Crippen molar-refractivity contribution < 1.29 is 14.6 Å². The molecule has 0 aliphatic carbocycles. The summed E-state index contributed by atoms with van der Waals surface area (Å²) in [7, 11) is 2.10. The second kappa shape index (κ2) is 6.13. The van der Waals surface area contributed by atoms with E-state index in [0.29, 0.717) is 6.04 Å². The fourth-order valence-electron chi connectivity index (χ4n) is 1.98. The summed E-state index contributed by atoms with van der Waals surface area (Å²) >= 11 is 1.66. The van der Waals surface area contributed by atoms with Gasteiger partial charge in [-0.3, -0.25) is 4.90 Å². The molecule has 0 spiro atoms. The average molecular weight is 267 g/mol. The van der Waals surface area contributed by atoms with Crippen molar-refractivity contribution in [3.05, 3.63) is 28.0 Å². The minimum atomic E-state index is -0.914. The lowest BCUT2D eigenvalue weighted by Crippen LogP contribution is -2.30. The van der Waals surface area contributed by atoms with E-state index in [0.717, 1.165) is 31.7 Å². The third kappa shape index (κ3) is 3.66. The van der Waals surface area contributed by atoms with Crippen LogP contribution in [0.2, 0.25) is 0 Å². The maximum absolute atomic E-state index is 10.4. The van der Waals surface area contributed by atoms with E-state index in [-0.39, 0.29) is 0 Å². The van der Waals surface area contributed by atoms with Gasteiger partial charge in [0, 0.05) is 30.1 Å². The van der Waals surface area contributed by atoms with Gasteiger partial charge in [0.25, 0.3) is 0 Å². The van der Waals surface area contributed by atoms with Crippen LogP contribution in [-0.2, 0) is 16.1 Å². The molecule has 1 aliphatic heterocycles. The summed E-state index contributed by atoms with van der Waals surface area (Å²) in [6.07, 6.45) is 3.88. The van der Waals surface area contributed by atoms with E-state index in [1.54, 1.807) is 17.4 Å². The first-order chi connectivity index (χ1) is 8.65. The minimum Gasteiger partial charge on any atom is -0.478 e. The molecule has 2 heterocycles. The van der Waals surface area contributed by atoms with Crippen molar-refractivity contribution >= 4 is 23.4 Å². The standard InChI is InChI=1S/C13H17NO3S/c1-14(11-4-5-17-8-11)7-12-6-10(9-18-12)2-3-13(15)16/h2-3,6,9,11H,4-5,7-8H2,1H3,(H,15,16)/b3-2+. The van der Waals surface area contributed by atoms with Gasteiger partial charge in [0.2, 0.25) is 0 Å². The summed E-state index contributed by atoms with van der Waals surface area (Å²) in [5.74, 6) is -0.914. The van der Waals surface area contributed by atoms with E-state index >= 15 is 0 Å². The molecule has 0 bridgehead atoms. The van der Waals surface area contributed by atoms with E-state index in [1.165, 1.54) is 11.0 Å². The molecule has 2 rings (SSSR count). The molecule has 5 heteroatoms. The molecule has 1 aromatic rings. The Labute approximate surface area is 110 Å². The highest BCUT2D eigenvalue weighted by molar-refractivity contribution is 7.10. The second-order valence-electron chi connectivity index (χ2n) is 4.45. The van der Waals surface area contributed by atoms with Gasteiger partial charge in [-0.2, -0.15) is 0 Å². The zero-order valence-corrected chi connectivity index (χ0v) is 11.2. The zero-order valence-electron chi connectivity index (χ0n) is 10.3. The van der Waals surface area contributed by atoms with Crippen LogP contribution in [0.15, 0.2) is 17.5 Å². The molecule has 98 valence electrons. The van der Waals surface area contributed by atoms with E-state index in [2.05, 4.69) is 11.9 Å². The molecule has 0 aromatic carbocycles. The number of likely N-dealkylation sites (N-methyl/N-ethyl adjacent to an activating group) is 1. The molecule has 18 heavy (non-hydrogen) atoms. The Morgan fingerprint density at radius 3 is 3.22 bits per heavy atom. The lowest BCUT2D eigenvalue weighted by atomic mass is 10.2. The highest BCUT2D eigenvalue weighted by Crippen LogP contribution is 2.20. The normalized spacial score (nSPS) is 20.0. The van der Waals surface area contributed by atoms with Gasteiger partial charge in [-0.25, -0.2) is 4.79 Å². The van der Waals surface area contributed by atoms with E-state index in [4.69, 9.17) is 9.84 Å². The topological polar surface area (TPSA) is 49.8 Å². The van der Waals surface area contributed by atoms with Gasteiger partial charge in [-0.05, 0) is 36.6 Å². The highest BCUT2D eigenvalue weighted by atomic mass is 32.1. The fourth-order valence-corrected chi connectivity index (χ4v) is 2.90. The number of rotatable bonds is 5. The van der Waals surface area contributed by atoms with E-state index in [1.807, 2.05) is 11.4 Å². The molecular formula is C13H17NO3S. The summed E-state index contributed by atoms with van der Waals surface area (Å²) in [4.78, 5) is 14.0. The maximum atomic E-state index is 10.4. The number of nitrogens with zero attached hydrogens (tertiary/aromatic N) is 1. The van der Waals surface area contributed by atoms with Gasteiger partial charge in [-0.1, -0.05) is 0 Å². The first-order valence-electron chi connectivity index (χ1n) is 5.91. The van der Waals surface area contributed by atoms with Gasteiger partial charge in [0.1, 0.15) is 0 Å². The Morgan fingerprint density at radius 1 is 1.72 bits per heavy atom. The smallest absolute Gasteiger partial charge is 0.328 e. The summed E-state index contributed by atoms with van der Waals surface area (Å²) in [5.41, 5.74) is 0.952. The SMILES string of the molecule is CN(Cc1cc(/C=C/C(=O)O)cs1)C1CCOC1. The Bertz CT molecular complexity index is 435. The number of hydrogen-bond acceptors (Lipinski definition) is 4. The highest BCUT2D eigenvalue weighted by Gasteiger charge is 2.20. The van der Waals surface area contributed by atoms with Gasteiger partial charge in [0.15, 0.2) is 0 Å². The number of ether oxygens (including phenoxy) is 1.